The highest BCUT2D eigenvalue weighted by Gasteiger charge is 2.29. The lowest BCUT2D eigenvalue weighted by atomic mass is 10.0. The predicted octanol–water partition coefficient (Wildman–Crippen LogP) is 5.80. The molecule has 1 aliphatic carbocycles. The molecule has 6 aromatic rings. The van der Waals surface area contributed by atoms with E-state index in [0.717, 1.165) is 42.8 Å². The number of rotatable bonds is 11. The van der Waals surface area contributed by atoms with Crippen LogP contribution in [0.2, 0.25) is 0 Å². The first-order valence-corrected chi connectivity index (χ1v) is 19.4. The van der Waals surface area contributed by atoms with Crippen molar-refractivity contribution in [1.29, 1.82) is 0 Å². The van der Waals surface area contributed by atoms with Crippen molar-refractivity contribution >= 4 is 26.8 Å². The highest BCUT2D eigenvalue weighted by atomic mass is 32.2. The Bertz CT molecular complexity index is 2600. The maximum atomic E-state index is 14.9. The number of halogens is 4. The van der Waals surface area contributed by atoms with E-state index in [0.29, 0.717) is 12.0 Å². The fourth-order valence-corrected chi connectivity index (χ4v) is 8.35. The molecule has 0 unspecified atom stereocenters. The molecular weight excluding hydrogens is 753 g/mol. The first kappa shape index (κ1) is 37.2. The van der Waals surface area contributed by atoms with Crippen molar-refractivity contribution in [2.75, 3.05) is 26.3 Å². The Morgan fingerprint density at radius 3 is 2.27 bits per heavy atom. The summed E-state index contributed by atoms with van der Waals surface area (Å²) in [5.41, 5.74) is 0.228. The van der Waals surface area contributed by atoms with Gasteiger partial charge in [0.1, 0.15) is 35.6 Å². The molecule has 2 aliphatic rings. The number of ether oxygens (including phenoxy) is 1. The van der Waals surface area contributed by atoms with Gasteiger partial charge in [-0.2, -0.15) is 9.40 Å². The van der Waals surface area contributed by atoms with Crippen LogP contribution in [0.5, 0.6) is 0 Å². The van der Waals surface area contributed by atoms with E-state index >= 15 is 0 Å². The van der Waals surface area contributed by atoms with E-state index in [1.807, 2.05) is 6.07 Å². The third-order valence-electron chi connectivity index (χ3n) is 9.82. The smallest absolute Gasteiger partial charge is 0.266 e. The molecule has 8 rings (SSSR count). The zero-order valence-electron chi connectivity index (χ0n) is 29.7. The molecule has 1 amide bonds. The van der Waals surface area contributed by atoms with Crippen LogP contribution in [-0.4, -0.2) is 64.3 Å². The molecule has 0 bridgehead atoms. The fourth-order valence-electron chi connectivity index (χ4n) is 6.94. The lowest BCUT2D eigenvalue weighted by Gasteiger charge is -2.26. The molecular formula is C40H34F4N6O5S. The van der Waals surface area contributed by atoms with Gasteiger partial charge in [0, 0.05) is 37.7 Å². The van der Waals surface area contributed by atoms with E-state index in [9.17, 15) is 35.6 Å². The van der Waals surface area contributed by atoms with Crippen LogP contribution in [0, 0.1) is 23.3 Å². The number of nitrogens with one attached hydrogen (secondary N) is 1. The Kier molecular flexibility index (Phi) is 10.0. The second-order valence-electron chi connectivity index (χ2n) is 13.8. The summed E-state index contributed by atoms with van der Waals surface area (Å²) in [6.07, 6.45) is 3.43. The lowest BCUT2D eigenvalue weighted by Crippen LogP contribution is -2.40. The van der Waals surface area contributed by atoms with Gasteiger partial charge < -0.3 is 10.1 Å². The lowest BCUT2D eigenvalue weighted by molar-refractivity contribution is -0.122. The van der Waals surface area contributed by atoms with E-state index in [2.05, 4.69) is 10.4 Å². The number of benzene rings is 4. The van der Waals surface area contributed by atoms with Gasteiger partial charge >= 0.3 is 0 Å². The number of nitrogens with zero attached hydrogens (tertiary/aromatic N) is 5. The molecule has 1 saturated carbocycles. The standard InChI is InChI=1S/C40H34F4N6O5S/c41-27-18-24(19-28(42)22-27)20-36(45-37(51)23-48-13-12-34(47-48)25-4-5-25)39-46-35-21-26(38-32(43)2-1-3-33(38)44)6-11-31(35)40(52)50(39)29-7-9-30(10-8-29)56(53,54)49-14-16-55-17-15-49/h1-3,6-13,18-19,21-22,25,36H,4-5,14-17,20,23H2,(H,45,51)/t36-/m0/s1. The predicted molar refractivity (Wildman–Crippen MR) is 197 cm³/mol. The number of sulfonamides is 1. The van der Waals surface area contributed by atoms with Crippen molar-refractivity contribution in [3.05, 3.63) is 142 Å². The van der Waals surface area contributed by atoms with Crippen LogP contribution in [0.1, 0.15) is 41.9 Å². The van der Waals surface area contributed by atoms with Gasteiger partial charge in [-0.3, -0.25) is 18.8 Å². The number of fused-ring (bicyclic) bond motifs is 1. The average Bonchev–Trinajstić information content (AvgIpc) is 3.92. The Labute approximate surface area is 318 Å². The zero-order chi connectivity index (χ0) is 39.1. The van der Waals surface area contributed by atoms with Crippen LogP contribution in [0.15, 0.2) is 101 Å². The molecule has 2 fully saturated rings. The van der Waals surface area contributed by atoms with E-state index in [-0.39, 0.29) is 83.3 Å². The zero-order valence-corrected chi connectivity index (χ0v) is 30.5. The first-order valence-electron chi connectivity index (χ1n) is 17.9. The van der Waals surface area contributed by atoms with Crippen LogP contribution >= 0.6 is 0 Å². The molecule has 0 spiro atoms. The van der Waals surface area contributed by atoms with Gasteiger partial charge in [0.15, 0.2) is 0 Å². The van der Waals surface area contributed by atoms with Crippen LogP contribution < -0.4 is 10.9 Å². The topological polar surface area (TPSA) is 128 Å². The molecule has 288 valence electrons. The van der Waals surface area contributed by atoms with E-state index in [1.165, 1.54) is 62.1 Å². The Balaban J connectivity index is 1.27. The van der Waals surface area contributed by atoms with Crippen LogP contribution in [0.25, 0.3) is 27.7 Å². The summed E-state index contributed by atoms with van der Waals surface area (Å²) in [7, 11) is -3.91. The minimum absolute atomic E-state index is 0.0127. The molecule has 1 atom stereocenters. The van der Waals surface area contributed by atoms with Crippen molar-refractivity contribution in [2.24, 2.45) is 0 Å². The molecule has 1 saturated heterocycles. The summed E-state index contributed by atoms with van der Waals surface area (Å²) in [5.74, 6) is -3.75. The van der Waals surface area contributed by atoms with E-state index in [1.54, 1.807) is 6.20 Å². The van der Waals surface area contributed by atoms with Crippen molar-refractivity contribution in [2.45, 2.75) is 42.7 Å². The minimum Gasteiger partial charge on any atom is -0.379 e. The van der Waals surface area contributed by atoms with Crippen molar-refractivity contribution in [1.82, 2.24) is 29.0 Å². The SMILES string of the molecule is O=C(Cn1ccc(C2CC2)n1)N[C@@H](Cc1cc(F)cc(F)c1)c1nc2cc(-c3c(F)cccc3F)ccc2c(=O)n1-c1ccc(S(=O)(=O)N2CCOCC2)cc1. The van der Waals surface area contributed by atoms with Gasteiger partial charge in [0.25, 0.3) is 5.56 Å². The molecule has 1 aliphatic heterocycles. The Hall–Kier alpha value is -5.71. The normalized spacial score (nSPS) is 15.6. The third-order valence-corrected chi connectivity index (χ3v) is 11.7. The number of carbonyl (C=O) groups excluding carboxylic acids is 1. The number of morpholine rings is 1. The van der Waals surface area contributed by atoms with Crippen molar-refractivity contribution < 1.29 is 35.5 Å². The molecule has 3 heterocycles. The van der Waals surface area contributed by atoms with E-state index < -0.39 is 50.8 Å². The number of hydrogen-bond acceptors (Lipinski definition) is 7. The quantitative estimate of drug-likeness (QED) is 0.165. The highest BCUT2D eigenvalue weighted by Crippen LogP contribution is 2.39. The molecule has 2 aromatic heterocycles. The number of amides is 1. The molecule has 4 aromatic carbocycles. The molecule has 16 heteroatoms. The monoisotopic (exact) mass is 786 g/mol. The summed E-state index contributed by atoms with van der Waals surface area (Å²) in [5, 5.41) is 7.40. The van der Waals surface area contributed by atoms with E-state index in [4.69, 9.17) is 9.72 Å². The Morgan fingerprint density at radius 1 is 0.893 bits per heavy atom. The minimum atomic E-state index is -3.91. The van der Waals surface area contributed by atoms with Gasteiger partial charge in [-0.1, -0.05) is 12.1 Å². The van der Waals surface area contributed by atoms with Crippen molar-refractivity contribution in [3.63, 3.8) is 0 Å². The molecule has 1 N–H and O–H groups in total. The van der Waals surface area contributed by atoms with Gasteiger partial charge in [-0.25, -0.2) is 31.0 Å². The maximum Gasteiger partial charge on any atom is 0.266 e. The summed E-state index contributed by atoms with van der Waals surface area (Å²) in [6.45, 7) is 0.597. The highest BCUT2D eigenvalue weighted by molar-refractivity contribution is 7.89. The van der Waals surface area contributed by atoms with Gasteiger partial charge in [-0.15, -0.1) is 0 Å². The summed E-state index contributed by atoms with van der Waals surface area (Å²) in [4.78, 5) is 33.1. The van der Waals surface area contributed by atoms with Gasteiger partial charge in [0.05, 0.1) is 52.0 Å². The Morgan fingerprint density at radius 2 is 1.59 bits per heavy atom. The van der Waals surface area contributed by atoms with Crippen LogP contribution in [0.4, 0.5) is 17.6 Å². The molecule has 0 radical (unpaired) electrons. The van der Waals surface area contributed by atoms with Gasteiger partial charge in [0.2, 0.25) is 15.9 Å². The van der Waals surface area contributed by atoms with Crippen LogP contribution in [0.3, 0.4) is 0 Å². The average molecular weight is 787 g/mol. The summed E-state index contributed by atoms with van der Waals surface area (Å²) >= 11 is 0. The number of carbonyl (C=O) groups is 1. The number of hydrogen-bond donors (Lipinski definition) is 1. The largest absolute Gasteiger partial charge is 0.379 e. The maximum absolute atomic E-state index is 14.9. The third kappa shape index (κ3) is 7.59. The molecule has 56 heavy (non-hydrogen) atoms. The summed E-state index contributed by atoms with van der Waals surface area (Å²) in [6, 6.07) is 16.5. The second kappa shape index (κ2) is 15.1. The van der Waals surface area contributed by atoms with Crippen molar-refractivity contribution in [3.8, 4) is 16.8 Å². The first-order chi connectivity index (χ1) is 26.9. The second-order valence-corrected chi connectivity index (χ2v) is 15.7. The number of aromatic nitrogens is 4. The van der Waals surface area contributed by atoms with Gasteiger partial charge in [-0.05, 0) is 90.7 Å². The molecule has 11 nitrogen and oxygen atoms in total. The van der Waals surface area contributed by atoms with Crippen LogP contribution in [-0.2, 0) is 32.5 Å². The summed E-state index contributed by atoms with van der Waals surface area (Å²) < 4.78 is 95.0. The fraction of sp³-hybridized carbons (Fsp3) is 0.250.